The molecule has 0 aliphatic carbocycles. The Morgan fingerprint density at radius 2 is 1.95 bits per heavy atom. The van der Waals surface area contributed by atoms with Gasteiger partial charge in [-0.1, -0.05) is 23.9 Å². The van der Waals surface area contributed by atoms with Crippen LogP contribution in [0.4, 0.5) is 5.69 Å². The highest BCUT2D eigenvalue weighted by Crippen LogP contribution is 2.23. The molecule has 0 saturated heterocycles. The number of aromatic nitrogens is 1. The van der Waals surface area contributed by atoms with Crippen molar-refractivity contribution in [2.75, 3.05) is 11.1 Å². The zero-order valence-corrected chi connectivity index (χ0v) is 11.8. The summed E-state index contributed by atoms with van der Waals surface area (Å²) in [4.78, 5) is 16.1. The minimum atomic E-state index is -0.159. The second-order valence-corrected chi connectivity index (χ2v) is 5.26. The van der Waals surface area contributed by atoms with E-state index in [-0.39, 0.29) is 17.4 Å². The second-order valence-electron chi connectivity index (χ2n) is 4.33. The van der Waals surface area contributed by atoms with E-state index in [1.807, 2.05) is 24.3 Å². The number of para-hydroxylation sites is 2. The van der Waals surface area contributed by atoms with E-state index < -0.39 is 0 Å². The first kappa shape index (κ1) is 13.5. The zero-order valence-electron chi connectivity index (χ0n) is 10.9. The third kappa shape index (κ3) is 3.35. The van der Waals surface area contributed by atoms with Crippen LogP contribution in [0.25, 0.3) is 11.1 Å². The van der Waals surface area contributed by atoms with Crippen LogP contribution in [0.1, 0.15) is 0 Å². The molecule has 0 atom stereocenters. The van der Waals surface area contributed by atoms with Gasteiger partial charge in [-0.3, -0.25) is 4.79 Å². The van der Waals surface area contributed by atoms with Crippen molar-refractivity contribution in [1.29, 1.82) is 0 Å². The van der Waals surface area contributed by atoms with E-state index >= 15 is 0 Å². The van der Waals surface area contributed by atoms with Gasteiger partial charge in [0.1, 0.15) is 11.3 Å². The summed E-state index contributed by atoms with van der Waals surface area (Å²) in [5, 5.41) is 12.4. The van der Waals surface area contributed by atoms with Gasteiger partial charge in [0.15, 0.2) is 5.58 Å². The van der Waals surface area contributed by atoms with Crippen molar-refractivity contribution >= 4 is 34.5 Å². The first-order chi connectivity index (χ1) is 10.2. The van der Waals surface area contributed by atoms with Crippen molar-refractivity contribution < 1.29 is 14.3 Å². The van der Waals surface area contributed by atoms with E-state index in [0.29, 0.717) is 16.5 Å². The molecule has 2 N–H and O–H groups in total. The Morgan fingerprint density at radius 1 is 1.19 bits per heavy atom. The lowest BCUT2D eigenvalue weighted by Gasteiger charge is -2.03. The molecular formula is C15H12N2O3S. The van der Waals surface area contributed by atoms with E-state index in [4.69, 9.17) is 4.42 Å². The number of nitrogens with one attached hydrogen (secondary N) is 1. The largest absolute Gasteiger partial charge is 0.508 e. The molecule has 3 aromatic rings. The summed E-state index contributed by atoms with van der Waals surface area (Å²) in [5.74, 6) is 0.204. The molecule has 0 radical (unpaired) electrons. The summed E-state index contributed by atoms with van der Waals surface area (Å²) in [5.41, 5.74) is 2.12. The number of aromatic hydroxyl groups is 1. The third-order valence-corrected chi connectivity index (χ3v) is 3.58. The van der Waals surface area contributed by atoms with Gasteiger partial charge < -0.3 is 14.8 Å². The van der Waals surface area contributed by atoms with Crippen LogP contribution in [-0.2, 0) is 4.79 Å². The summed E-state index contributed by atoms with van der Waals surface area (Å²) in [6.45, 7) is 0. The van der Waals surface area contributed by atoms with Gasteiger partial charge in [0.2, 0.25) is 5.91 Å². The van der Waals surface area contributed by atoms with Crippen LogP contribution in [0.5, 0.6) is 5.75 Å². The molecule has 6 heteroatoms. The summed E-state index contributed by atoms with van der Waals surface area (Å²) in [7, 11) is 0. The smallest absolute Gasteiger partial charge is 0.257 e. The lowest BCUT2D eigenvalue weighted by Crippen LogP contribution is -2.13. The van der Waals surface area contributed by atoms with E-state index in [2.05, 4.69) is 10.3 Å². The fraction of sp³-hybridized carbons (Fsp3) is 0.0667. The molecule has 0 saturated carbocycles. The highest BCUT2D eigenvalue weighted by molar-refractivity contribution is 7.99. The van der Waals surface area contributed by atoms with Crippen molar-refractivity contribution in [1.82, 2.24) is 4.98 Å². The molecular weight excluding hydrogens is 288 g/mol. The number of benzene rings is 2. The van der Waals surface area contributed by atoms with Crippen molar-refractivity contribution in [3.63, 3.8) is 0 Å². The summed E-state index contributed by atoms with van der Waals surface area (Å²) >= 11 is 1.24. The van der Waals surface area contributed by atoms with Gasteiger partial charge >= 0.3 is 0 Å². The molecule has 2 aromatic carbocycles. The quantitative estimate of drug-likeness (QED) is 0.571. The van der Waals surface area contributed by atoms with E-state index in [0.717, 1.165) is 5.52 Å². The molecule has 5 nitrogen and oxygen atoms in total. The first-order valence-corrected chi connectivity index (χ1v) is 7.26. The van der Waals surface area contributed by atoms with Crippen molar-refractivity contribution in [2.45, 2.75) is 5.22 Å². The van der Waals surface area contributed by atoms with Crippen LogP contribution in [0.2, 0.25) is 0 Å². The monoisotopic (exact) mass is 300 g/mol. The molecule has 0 aliphatic rings. The lowest BCUT2D eigenvalue weighted by atomic mass is 10.3. The summed E-state index contributed by atoms with van der Waals surface area (Å²) < 4.78 is 5.52. The SMILES string of the molecule is O=C(CSc1nc2ccccc2o1)Nc1ccc(O)cc1. The number of carbonyl (C=O) groups excluding carboxylic acids is 1. The molecule has 1 heterocycles. The molecule has 0 bridgehead atoms. The lowest BCUT2D eigenvalue weighted by molar-refractivity contribution is -0.113. The number of oxazole rings is 1. The van der Waals surface area contributed by atoms with Crippen LogP contribution < -0.4 is 5.32 Å². The van der Waals surface area contributed by atoms with Crippen molar-refractivity contribution in [3.05, 3.63) is 48.5 Å². The summed E-state index contributed by atoms with van der Waals surface area (Å²) in [6, 6.07) is 13.8. The van der Waals surface area contributed by atoms with Gasteiger partial charge in [-0.2, -0.15) is 0 Å². The average Bonchev–Trinajstić information content (AvgIpc) is 2.90. The maximum atomic E-state index is 11.8. The van der Waals surface area contributed by atoms with E-state index in [1.54, 1.807) is 12.1 Å². The number of phenolic OH excluding ortho intramolecular Hbond substituents is 1. The van der Waals surface area contributed by atoms with Crippen LogP contribution in [0.15, 0.2) is 58.2 Å². The molecule has 0 spiro atoms. The highest BCUT2D eigenvalue weighted by atomic mass is 32.2. The Hall–Kier alpha value is -2.47. The number of phenols is 1. The molecule has 0 unspecified atom stereocenters. The number of carbonyl (C=O) groups is 1. The normalized spacial score (nSPS) is 10.7. The Bertz CT molecular complexity index is 735. The Morgan fingerprint density at radius 3 is 2.71 bits per heavy atom. The molecule has 1 aromatic heterocycles. The highest BCUT2D eigenvalue weighted by Gasteiger charge is 2.09. The van der Waals surface area contributed by atoms with Crippen molar-refractivity contribution in [2.24, 2.45) is 0 Å². The molecule has 106 valence electrons. The fourth-order valence-electron chi connectivity index (χ4n) is 1.78. The number of hydrogen-bond donors (Lipinski definition) is 2. The van der Waals surface area contributed by atoms with E-state index in [9.17, 15) is 9.90 Å². The van der Waals surface area contributed by atoms with Gasteiger partial charge in [-0.15, -0.1) is 0 Å². The number of anilines is 1. The summed E-state index contributed by atoms with van der Waals surface area (Å²) in [6.07, 6.45) is 0. The molecule has 0 aliphatic heterocycles. The molecule has 3 rings (SSSR count). The van der Waals surface area contributed by atoms with Gasteiger partial charge in [0.05, 0.1) is 5.75 Å². The topological polar surface area (TPSA) is 75.4 Å². The maximum Gasteiger partial charge on any atom is 0.257 e. The third-order valence-electron chi connectivity index (χ3n) is 2.75. The predicted molar refractivity (Wildman–Crippen MR) is 81.5 cm³/mol. The zero-order chi connectivity index (χ0) is 14.7. The number of thioether (sulfide) groups is 1. The van der Waals surface area contributed by atoms with Crippen molar-refractivity contribution in [3.8, 4) is 5.75 Å². The van der Waals surface area contributed by atoms with Crippen LogP contribution >= 0.6 is 11.8 Å². The number of fused-ring (bicyclic) bond motifs is 1. The Labute approximate surface area is 125 Å². The molecule has 0 fully saturated rings. The van der Waals surface area contributed by atoms with Gasteiger partial charge in [0, 0.05) is 5.69 Å². The van der Waals surface area contributed by atoms with Crippen LogP contribution in [0.3, 0.4) is 0 Å². The second kappa shape index (κ2) is 5.88. The van der Waals surface area contributed by atoms with Gasteiger partial charge in [-0.05, 0) is 36.4 Å². The standard InChI is InChI=1S/C15H12N2O3S/c18-11-7-5-10(6-8-11)16-14(19)9-21-15-17-12-3-1-2-4-13(12)20-15/h1-8,18H,9H2,(H,16,19). The fourth-order valence-corrected chi connectivity index (χ4v) is 2.42. The number of rotatable bonds is 4. The molecule has 21 heavy (non-hydrogen) atoms. The average molecular weight is 300 g/mol. The predicted octanol–water partition coefficient (Wildman–Crippen LogP) is 3.26. The minimum absolute atomic E-state index is 0.159. The first-order valence-electron chi connectivity index (χ1n) is 6.28. The number of amides is 1. The van der Waals surface area contributed by atoms with Gasteiger partial charge in [0.25, 0.3) is 5.22 Å². The minimum Gasteiger partial charge on any atom is -0.508 e. The van der Waals surface area contributed by atoms with Crippen LogP contribution in [-0.4, -0.2) is 21.8 Å². The Kier molecular flexibility index (Phi) is 3.79. The Balaban J connectivity index is 1.59. The van der Waals surface area contributed by atoms with Crippen LogP contribution in [0, 0.1) is 0 Å². The number of hydrogen-bond acceptors (Lipinski definition) is 5. The van der Waals surface area contributed by atoms with Gasteiger partial charge in [-0.25, -0.2) is 4.98 Å². The molecule has 1 amide bonds. The maximum absolute atomic E-state index is 11.8. The van der Waals surface area contributed by atoms with E-state index in [1.165, 1.54) is 23.9 Å². The number of nitrogens with zero attached hydrogens (tertiary/aromatic N) is 1.